The molecule has 2 amide bonds. The van der Waals surface area contributed by atoms with Gasteiger partial charge in [-0.2, -0.15) is 0 Å². The molecule has 2 unspecified atom stereocenters. The highest BCUT2D eigenvalue weighted by Crippen LogP contribution is 2.36. The fraction of sp³-hybridized carbons (Fsp3) is 0.455. The van der Waals surface area contributed by atoms with Gasteiger partial charge in [0, 0.05) is 24.5 Å². The van der Waals surface area contributed by atoms with Crippen molar-refractivity contribution in [1.82, 2.24) is 9.80 Å². The molecule has 4 nitrogen and oxygen atoms in total. The number of hydrogen-bond donors (Lipinski definition) is 0. The van der Waals surface area contributed by atoms with Crippen LogP contribution in [0.2, 0.25) is 0 Å². The number of benzene rings is 1. The standard InChI is InChI=1S/C22H25FN2O2S/c23-18-9-7-16(8-10-18)14-21(26)24-11-1-4-17(15-24)22(27)25-12-2-5-19(25)20-6-3-13-28-20/h3,6-10,13,17,19H,1-2,4-5,11-12,14-15H2. The van der Waals surface area contributed by atoms with E-state index in [1.165, 1.54) is 17.0 Å². The zero-order valence-electron chi connectivity index (χ0n) is 15.9. The summed E-state index contributed by atoms with van der Waals surface area (Å²) in [5, 5.41) is 2.06. The van der Waals surface area contributed by atoms with Gasteiger partial charge in [0.25, 0.3) is 0 Å². The molecule has 148 valence electrons. The van der Waals surface area contributed by atoms with E-state index in [0.29, 0.717) is 13.1 Å². The third-order valence-electron chi connectivity index (χ3n) is 5.80. The Morgan fingerprint density at radius 2 is 1.86 bits per heavy atom. The molecule has 2 atom stereocenters. The van der Waals surface area contributed by atoms with Crippen LogP contribution in [-0.4, -0.2) is 41.2 Å². The Labute approximate surface area is 169 Å². The third kappa shape index (κ3) is 4.12. The molecule has 2 aliphatic heterocycles. The molecular formula is C22H25FN2O2S. The fourth-order valence-corrected chi connectivity index (χ4v) is 5.21. The summed E-state index contributed by atoms with van der Waals surface area (Å²) in [5.41, 5.74) is 0.803. The first kappa shape index (κ1) is 19.1. The number of nitrogens with zero attached hydrogens (tertiary/aromatic N) is 2. The lowest BCUT2D eigenvalue weighted by atomic mass is 9.95. The predicted octanol–water partition coefficient (Wildman–Crippen LogP) is 4.03. The van der Waals surface area contributed by atoms with Gasteiger partial charge in [0.1, 0.15) is 5.82 Å². The lowest BCUT2D eigenvalue weighted by Crippen LogP contribution is -2.47. The smallest absolute Gasteiger partial charge is 0.228 e. The van der Waals surface area contributed by atoms with E-state index in [9.17, 15) is 14.0 Å². The number of likely N-dealkylation sites (tertiary alicyclic amines) is 2. The van der Waals surface area contributed by atoms with Crippen molar-refractivity contribution < 1.29 is 14.0 Å². The highest BCUT2D eigenvalue weighted by molar-refractivity contribution is 7.10. The number of amides is 2. The maximum absolute atomic E-state index is 13.2. The van der Waals surface area contributed by atoms with Crippen LogP contribution in [0.4, 0.5) is 4.39 Å². The molecule has 3 heterocycles. The zero-order valence-corrected chi connectivity index (χ0v) is 16.7. The second-order valence-electron chi connectivity index (χ2n) is 7.69. The maximum Gasteiger partial charge on any atom is 0.228 e. The number of carbonyl (C=O) groups is 2. The van der Waals surface area contributed by atoms with E-state index in [2.05, 4.69) is 11.4 Å². The molecule has 0 bridgehead atoms. The molecule has 0 N–H and O–H groups in total. The minimum atomic E-state index is -0.300. The van der Waals surface area contributed by atoms with Gasteiger partial charge in [-0.05, 0) is 54.8 Å². The summed E-state index contributed by atoms with van der Waals surface area (Å²) in [7, 11) is 0. The summed E-state index contributed by atoms with van der Waals surface area (Å²) in [6.07, 6.45) is 4.00. The highest BCUT2D eigenvalue weighted by Gasteiger charge is 2.36. The van der Waals surface area contributed by atoms with Crippen molar-refractivity contribution in [2.75, 3.05) is 19.6 Å². The van der Waals surface area contributed by atoms with Crippen LogP contribution in [0.5, 0.6) is 0 Å². The molecule has 28 heavy (non-hydrogen) atoms. The average molecular weight is 401 g/mol. The number of piperidine rings is 1. The molecule has 6 heteroatoms. The van der Waals surface area contributed by atoms with Crippen LogP contribution in [0.3, 0.4) is 0 Å². The molecule has 0 aliphatic carbocycles. The summed E-state index contributed by atoms with van der Waals surface area (Å²) < 4.78 is 13.1. The zero-order chi connectivity index (χ0) is 19.5. The van der Waals surface area contributed by atoms with Crippen molar-refractivity contribution in [1.29, 1.82) is 0 Å². The van der Waals surface area contributed by atoms with Gasteiger partial charge in [0.05, 0.1) is 18.4 Å². The van der Waals surface area contributed by atoms with Gasteiger partial charge in [0.15, 0.2) is 0 Å². The van der Waals surface area contributed by atoms with Crippen molar-refractivity contribution in [3.05, 3.63) is 58.0 Å². The average Bonchev–Trinajstić information content (AvgIpc) is 3.40. The second kappa shape index (κ2) is 8.43. The molecule has 0 saturated carbocycles. The van der Waals surface area contributed by atoms with Crippen LogP contribution in [0.15, 0.2) is 41.8 Å². The van der Waals surface area contributed by atoms with Crippen LogP contribution in [0, 0.1) is 11.7 Å². The molecule has 0 spiro atoms. The third-order valence-corrected chi connectivity index (χ3v) is 6.77. The van der Waals surface area contributed by atoms with Crippen LogP contribution < -0.4 is 0 Å². The van der Waals surface area contributed by atoms with E-state index in [4.69, 9.17) is 0 Å². The number of rotatable bonds is 4. The lowest BCUT2D eigenvalue weighted by Gasteiger charge is -2.35. The van der Waals surface area contributed by atoms with Crippen molar-refractivity contribution >= 4 is 23.2 Å². The van der Waals surface area contributed by atoms with E-state index in [1.54, 1.807) is 23.5 Å². The van der Waals surface area contributed by atoms with Gasteiger partial charge in [-0.15, -0.1) is 11.3 Å². The minimum Gasteiger partial charge on any atom is -0.342 e. The summed E-state index contributed by atoms with van der Waals surface area (Å²) in [4.78, 5) is 31.0. The summed E-state index contributed by atoms with van der Waals surface area (Å²) in [5.74, 6) is -0.215. The number of thiophene rings is 1. The molecule has 1 aromatic carbocycles. The summed E-state index contributed by atoms with van der Waals surface area (Å²) >= 11 is 1.71. The van der Waals surface area contributed by atoms with Crippen molar-refractivity contribution in [3.63, 3.8) is 0 Å². The first-order chi connectivity index (χ1) is 13.6. The Morgan fingerprint density at radius 3 is 2.61 bits per heavy atom. The quantitative estimate of drug-likeness (QED) is 0.777. The highest BCUT2D eigenvalue weighted by atomic mass is 32.1. The van der Waals surface area contributed by atoms with Crippen LogP contribution >= 0.6 is 11.3 Å². The Kier molecular flexibility index (Phi) is 5.76. The van der Waals surface area contributed by atoms with Crippen molar-refractivity contribution in [2.24, 2.45) is 5.92 Å². The van der Waals surface area contributed by atoms with Crippen LogP contribution in [0.25, 0.3) is 0 Å². The molecule has 2 fully saturated rings. The topological polar surface area (TPSA) is 40.6 Å². The van der Waals surface area contributed by atoms with Gasteiger partial charge >= 0.3 is 0 Å². The Hall–Kier alpha value is -2.21. The first-order valence-electron chi connectivity index (χ1n) is 9.98. The Morgan fingerprint density at radius 1 is 1.07 bits per heavy atom. The lowest BCUT2D eigenvalue weighted by molar-refractivity contribution is -0.141. The minimum absolute atomic E-state index is 0.0142. The molecule has 0 radical (unpaired) electrons. The number of hydrogen-bond acceptors (Lipinski definition) is 3. The summed E-state index contributed by atoms with van der Waals surface area (Å²) in [6.45, 7) is 1.99. The molecule has 1 aromatic heterocycles. The van der Waals surface area contributed by atoms with Gasteiger partial charge in [-0.1, -0.05) is 18.2 Å². The normalized spacial score (nSPS) is 22.5. The van der Waals surface area contributed by atoms with E-state index in [0.717, 1.165) is 37.8 Å². The van der Waals surface area contributed by atoms with Gasteiger partial charge in [-0.25, -0.2) is 4.39 Å². The largest absolute Gasteiger partial charge is 0.342 e. The first-order valence-corrected chi connectivity index (χ1v) is 10.9. The monoisotopic (exact) mass is 400 g/mol. The second-order valence-corrected chi connectivity index (χ2v) is 8.67. The van der Waals surface area contributed by atoms with E-state index >= 15 is 0 Å². The van der Waals surface area contributed by atoms with Crippen molar-refractivity contribution in [3.8, 4) is 0 Å². The Balaban J connectivity index is 1.39. The molecule has 2 aromatic rings. The van der Waals surface area contributed by atoms with Gasteiger partial charge in [-0.3, -0.25) is 9.59 Å². The maximum atomic E-state index is 13.2. The van der Waals surface area contributed by atoms with Gasteiger partial charge < -0.3 is 9.80 Å². The summed E-state index contributed by atoms with van der Waals surface area (Å²) in [6, 6.07) is 10.4. The number of carbonyl (C=O) groups excluding carboxylic acids is 2. The molecule has 4 rings (SSSR count). The van der Waals surface area contributed by atoms with Gasteiger partial charge in [0.2, 0.25) is 11.8 Å². The van der Waals surface area contributed by atoms with E-state index in [-0.39, 0.29) is 36.0 Å². The molecule has 2 saturated heterocycles. The predicted molar refractivity (Wildman–Crippen MR) is 107 cm³/mol. The SMILES string of the molecule is O=C(Cc1ccc(F)cc1)N1CCCC(C(=O)N2CCCC2c2cccs2)C1. The Bertz CT molecular complexity index is 822. The van der Waals surface area contributed by atoms with E-state index < -0.39 is 0 Å². The van der Waals surface area contributed by atoms with E-state index in [1.807, 2.05) is 15.9 Å². The van der Waals surface area contributed by atoms with Crippen LogP contribution in [-0.2, 0) is 16.0 Å². The van der Waals surface area contributed by atoms with Crippen LogP contribution in [0.1, 0.15) is 42.2 Å². The van der Waals surface area contributed by atoms with Crippen molar-refractivity contribution in [2.45, 2.75) is 38.1 Å². The molecule has 2 aliphatic rings. The number of halogens is 1. The molecular weight excluding hydrogens is 375 g/mol. The fourth-order valence-electron chi connectivity index (χ4n) is 4.34.